The molecule has 146 valence electrons. The predicted octanol–water partition coefficient (Wildman–Crippen LogP) is 2.76. The number of alkyl halides is 1. The molecule has 0 spiro atoms. The minimum atomic E-state index is -1.09. The molecule has 1 fully saturated rings. The minimum absolute atomic E-state index is 0.0594. The molecule has 3 aromatic heterocycles. The number of hydrogen-bond acceptors (Lipinski definition) is 6. The number of rotatable bonds is 3. The van der Waals surface area contributed by atoms with Gasteiger partial charge in [0.1, 0.15) is 17.7 Å². The van der Waals surface area contributed by atoms with E-state index in [4.69, 9.17) is 4.42 Å². The topological polar surface area (TPSA) is 96.2 Å². The van der Waals surface area contributed by atoms with Crippen LogP contribution in [0.1, 0.15) is 12.3 Å². The predicted molar refractivity (Wildman–Crippen MR) is 103 cm³/mol. The first kappa shape index (κ1) is 18.3. The van der Waals surface area contributed by atoms with Crippen molar-refractivity contribution < 1.29 is 13.6 Å². The Morgan fingerprint density at radius 1 is 1.21 bits per heavy atom. The smallest absolute Gasteiger partial charge is 0.323 e. The van der Waals surface area contributed by atoms with Gasteiger partial charge in [0.05, 0.1) is 12.7 Å². The third-order valence-corrected chi connectivity index (χ3v) is 4.91. The Morgan fingerprint density at radius 3 is 2.75 bits per heavy atom. The molecule has 0 saturated carbocycles. The molecule has 28 heavy (non-hydrogen) atoms. The molecule has 1 saturated heterocycles. The Kier molecular flexibility index (Phi) is 4.91. The van der Waals surface area contributed by atoms with Crippen molar-refractivity contribution in [2.75, 3.05) is 25.5 Å². The summed E-state index contributed by atoms with van der Waals surface area (Å²) in [6, 6.07) is 3.04. The number of amides is 2. The first-order chi connectivity index (χ1) is 13.5. The molecular formula is C19H21FN6O2. The minimum Gasteiger partial charge on any atom is -0.439 e. The van der Waals surface area contributed by atoms with E-state index in [0.717, 1.165) is 10.8 Å². The zero-order chi connectivity index (χ0) is 19.7. The maximum absolute atomic E-state index is 14.1. The highest BCUT2D eigenvalue weighted by atomic mass is 19.1. The van der Waals surface area contributed by atoms with Crippen molar-refractivity contribution in [1.29, 1.82) is 0 Å². The lowest BCUT2D eigenvalue weighted by Crippen LogP contribution is -2.52. The fourth-order valence-corrected chi connectivity index (χ4v) is 3.32. The quantitative estimate of drug-likeness (QED) is 0.721. The number of fused-ring (bicyclic) bond motifs is 1. The molecule has 2 amide bonds. The molecule has 0 aliphatic carbocycles. The number of carbonyl (C=O) groups excluding carboxylic acids is 1. The largest absolute Gasteiger partial charge is 0.439 e. The van der Waals surface area contributed by atoms with Crippen LogP contribution in [0.4, 0.5) is 15.0 Å². The summed E-state index contributed by atoms with van der Waals surface area (Å²) in [6.07, 6.45) is 4.43. The first-order valence-electron chi connectivity index (χ1n) is 9.09. The molecule has 0 aromatic carbocycles. The van der Waals surface area contributed by atoms with E-state index in [1.165, 1.54) is 4.90 Å². The highest BCUT2D eigenvalue weighted by Gasteiger charge is 2.30. The van der Waals surface area contributed by atoms with E-state index >= 15 is 0 Å². The molecule has 0 radical (unpaired) electrons. The van der Waals surface area contributed by atoms with Gasteiger partial charge in [-0.3, -0.25) is 10.3 Å². The van der Waals surface area contributed by atoms with E-state index in [0.29, 0.717) is 36.1 Å². The standard InChI is InChI=1S/C19H21FN6O2/c1-11-22-9-17(28-11)16-5-12-6-18(24-8-13(12)7-23-16)25-19(27)26-4-3-15(21-2)14(20)10-26/h5-9,14-15,21H,3-4,10H2,1-2H3,(H,24,25,27)/t14-,15-/m0/s1. The Labute approximate surface area is 161 Å². The number of aryl methyl sites for hydroxylation is 1. The lowest BCUT2D eigenvalue weighted by atomic mass is 10.0. The van der Waals surface area contributed by atoms with Gasteiger partial charge >= 0.3 is 6.03 Å². The van der Waals surface area contributed by atoms with E-state index in [2.05, 4.69) is 25.6 Å². The summed E-state index contributed by atoms with van der Waals surface area (Å²) in [5.41, 5.74) is 0.644. The van der Waals surface area contributed by atoms with Crippen LogP contribution in [-0.4, -0.2) is 58.2 Å². The van der Waals surface area contributed by atoms with Gasteiger partial charge in [-0.05, 0) is 31.0 Å². The second-order valence-electron chi connectivity index (χ2n) is 6.81. The Morgan fingerprint density at radius 2 is 2.04 bits per heavy atom. The van der Waals surface area contributed by atoms with Crippen molar-refractivity contribution in [3.63, 3.8) is 0 Å². The first-order valence-corrected chi connectivity index (χ1v) is 9.09. The van der Waals surface area contributed by atoms with E-state index in [1.807, 2.05) is 6.07 Å². The number of halogens is 1. The fraction of sp³-hybridized carbons (Fsp3) is 0.368. The van der Waals surface area contributed by atoms with E-state index in [1.54, 1.807) is 38.6 Å². The van der Waals surface area contributed by atoms with Gasteiger partial charge in [-0.15, -0.1) is 0 Å². The second kappa shape index (κ2) is 7.51. The van der Waals surface area contributed by atoms with Crippen molar-refractivity contribution in [2.24, 2.45) is 0 Å². The number of likely N-dealkylation sites (tertiary alicyclic amines) is 1. The summed E-state index contributed by atoms with van der Waals surface area (Å²) in [5.74, 6) is 1.53. The van der Waals surface area contributed by atoms with Crippen LogP contribution in [0.2, 0.25) is 0 Å². The van der Waals surface area contributed by atoms with Crippen LogP contribution < -0.4 is 10.6 Å². The highest BCUT2D eigenvalue weighted by Crippen LogP contribution is 2.24. The van der Waals surface area contributed by atoms with Gasteiger partial charge in [-0.1, -0.05) is 0 Å². The number of urea groups is 1. The average molecular weight is 384 g/mol. The molecule has 0 bridgehead atoms. The molecule has 1 aliphatic heterocycles. The van der Waals surface area contributed by atoms with Gasteiger partial charge in [0.25, 0.3) is 0 Å². The van der Waals surface area contributed by atoms with Crippen molar-refractivity contribution in [1.82, 2.24) is 25.2 Å². The lowest BCUT2D eigenvalue weighted by Gasteiger charge is -2.34. The molecule has 2 atom stereocenters. The molecular weight excluding hydrogens is 363 g/mol. The van der Waals surface area contributed by atoms with E-state index in [-0.39, 0.29) is 18.6 Å². The van der Waals surface area contributed by atoms with Crippen LogP contribution in [0.25, 0.3) is 22.2 Å². The van der Waals surface area contributed by atoms with Crippen LogP contribution in [0, 0.1) is 6.92 Å². The lowest BCUT2D eigenvalue weighted by molar-refractivity contribution is 0.126. The van der Waals surface area contributed by atoms with Crippen molar-refractivity contribution in [2.45, 2.75) is 25.6 Å². The second-order valence-corrected chi connectivity index (χ2v) is 6.81. The maximum Gasteiger partial charge on any atom is 0.323 e. The van der Waals surface area contributed by atoms with Gasteiger partial charge in [0.15, 0.2) is 11.7 Å². The van der Waals surface area contributed by atoms with Gasteiger partial charge < -0.3 is 14.6 Å². The molecule has 4 rings (SSSR count). The molecule has 4 heterocycles. The summed E-state index contributed by atoms with van der Waals surface area (Å²) >= 11 is 0. The van der Waals surface area contributed by atoms with Gasteiger partial charge in [0.2, 0.25) is 0 Å². The number of oxazole rings is 1. The number of nitrogens with zero attached hydrogens (tertiary/aromatic N) is 4. The van der Waals surface area contributed by atoms with E-state index < -0.39 is 6.17 Å². The number of anilines is 1. The van der Waals surface area contributed by atoms with Crippen LogP contribution >= 0.6 is 0 Å². The summed E-state index contributed by atoms with van der Waals surface area (Å²) < 4.78 is 19.6. The number of carbonyl (C=O) groups is 1. The number of nitrogens with one attached hydrogen (secondary N) is 2. The SMILES string of the molecule is CN[C@H]1CCN(C(=O)Nc2cc3cc(-c4cnc(C)o4)ncc3cn2)C[C@@H]1F. The van der Waals surface area contributed by atoms with Gasteiger partial charge in [-0.25, -0.2) is 19.2 Å². The molecule has 2 N–H and O–H groups in total. The highest BCUT2D eigenvalue weighted by molar-refractivity contribution is 5.92. The molecule has 1 aliphatic rings. The zero-order valence-corrected chi connectivity index (χ0v) is 15.6. The van der Waals surface area contributed by atoms with Crippen molar-refractivity contribution in [3.8, 4) is 11.5 Å². The number of aromatic nitrogens is 3. The maximum atomic E-state index is 14.1. The Bertz CT molecular complexity index is 1010. The third kappa shape index (κ3) is 3.65. The molecule has 9 heteroatoms. The normalized spacial score (nSPS) is 19.8. The molecule has 0 unspecified atom stereocenters. The summed E-state index contributed by atoms with van der Waals surface area (Å²) in [7, 11) is 1.73. The monoisotopic (exact) mass is 384 g/mol. The van der Waals surface area contributed by atoms with Crippen LogP contribution in [-0.2, 0) is 0 Å². The molecule has 8 nitrogen and oxygen atoms in total. The molecule has 3 aromatic rings. The van der Waals surface area contributed by atoms with Crippen LogP contribution in [0.5, 0.6) is 0 Å². The number of pyridine rings is 2. The summed E-state index contributed by atoms with van der Waals surface area (Å²) in [5, 5.41) is 7.37. The average Bonchev–Trinajstić information content (AvgIpc) is 3.13. The van der Waals surface area contributed by atoms with Crippen LogP contribution in [0.15, 0.2) is 35.1 Å². The fourth-order valence-electron chi connectivity index (χ4n) is 3.32. The van der Waals surface area contributed by atoms with Crippen molar-refractivity contribution >= 4 is 22.6 Å². The van der Waals surface area contributed by atoms with Crippen molar-refractivity contribution in [3.05, 3.63) is 36.6 Å². The third-order valence-electron chi connectivity index (χ3n) is 4.91. The Hall–Kier alpha value is -3.07. The summed E-state index contributed by atoms with van der Waals surface area (Å²) in [6.45, 7) is 2.32. The van der Waals surface area contributed by atoms with Gasteiger partial charge in [0, 0.05) is 37.3 Å². The van der Waals surface area contributed by atoms with Crippen LogP contribution in [0.3, 0.4) is 0 Å². The summed E-state index contributed by atoms with van der Waals surface area (Å²) in [4.78, 5) is 26.7. The van der Waals surface area contributed by atoms with Gasteiger partial charge in [-0.2, -0.15) is 0 Å². The Balaban J connectivity index is 1.51. The number of hydrogen-bond donors (Lipinski definition) is 2. The zero-order valence-electron chi connectivity index (χ0n) is 15.6. The van der Waals surface area contributed by atoms with E-state index in [9.17, 15) is 9.18 Å². The number of piperidine rings is 1.